The van der Waals surface area contributed by atoms with Crippen molar-refractivity contribution >= 4 is 23.8 Å². The molecule has 3 N–H and O–H groups in total. The van der Waals surface area contributed by atoms with Gasteiger partial charge in [0.05, 0.1) is 12.5 Å². The van der Waals surface area contributed by atoms with E-state index in [9.17, 15) is 14.4 Å². The highest BCUT2D eigenvalue weighted by molar-refractivity contribution is 5.92. The summed E-state index contributed by atoms with van der Waals surface area (Å²) >= 11 is 0. The molecule has 0 saturated carbocycles. The lowest BCUT2D eigenvalue weighted by Gasteiger charge is -2.32. The van der Waals surface area contributed by atoms with Crippen molar-refractivity contribution < 1.29 is 14.4 Å². The fraction of sp³-hybridized carbons (Fsp3) is 0.190. The van der Waals surface area contributed by atoms with Crippen molar-refractivity contribution in [3.05, 3.63) is 77.0 Å². The van der Waals surface area contributed by atoms with E-state index in [1.54, 1.807) is 29.3 Å². The number of amides is 3. The Balaban J connectivity index is 1.70. The number of carbonyl (C=O) groups is 3. The second-order valence-electron chi connectivity index (χ2n) is 6.43. The van der Waals surface area contributed by atoms with Crippen molar-refractivity contribution in [2.24, 2.45) is 5.73 Å². The first kappa shape index (κ1) is 18.4. The molecule has 1 atom stereocenters. The summed E-state index contributed by atoms with van der Waals surface area (Å²) in [6.45, 7) is 1.77. The first-order valence-corrected chi connectivity index (χ1v) is 8.67. The van der Waals surface area contributed by atoms with Crippen LogP contribution in [0, 0.1) is 0 Å². The van der Waals surface area contributed by atoms with Gasteiger partial charge >= 0.3 is 0 Å². The van der Waals surface area contributed by atoms with Crippen LogP contribution >= 0.6 is 0 Å². The van der Waals surface area contributed by atoms with Crippen LogP contribution in [0.3, 0.4) is 0 Å². The Hall–Kier alpha value is -3.41. The predicted molar refractivity (Wildman–Crippen MR) is 102 cm³/mol. The van der Waals surface area contributed by atoms with Crippen LogP contribution in [0.4, 0.5) is 0 Å². The molecule has 0 spiro atoms. The molecule has 1 heterocycles. The van der Waals surface area contributed by atoms with E-state index < -0.39 is 5.91 Å². The maximum Gasteiger partial charge on any atom is 0.248 e. The summed E-state index contributed by atoms with van der Waals surface area (Å²) in [7, 11) is 0. The molecule has 6 heteroatoms. The maximum atomic E-state index is 12.5. The van der Waals surface area contributed by atoms with Gasteiger partial charge in [0.2, 0.25) is 17.7 Å². The molecule has 27 heavy (non-hydrogen) atoms. The van der Waals surface area contributed by atoms with Gasteiger partial charge in [0.25, 0.3) is 0 Å². The quantitative estimate of drug-likeness (QED) is 0.854. The molecule has 0 bridgehead atoms. The third kappa shape index (κ3) is 4.23. The van der Waals surface area contributed by atoms with Gasteiger partial charge in [0, 0.05) is 25.2 Å². The van der Waals surface area contributed by atoms with Crippen LogP contribution in [0.5, 0.6) is 0 Å². The van der Waals surface area contributed by atoms with Gasteiger partial charge < -0.3 is 16.0 Å². The zero-order chi connectivity index (χ0) is 19.4. The van der Waals surface area contributed by atoms with Crippen molar-refractivity contribution in [3.63, 3.8) is 0 Å². The molecular formula is C21H21N3O3. The molecular weight excluding hydrogens is 342 g/mol. The summed E-state index contributed by atoms with van der Waals surface area (Å²) in [6.07, 6.45) is 3.75. The van der Waals surface area contributed by atoms with Gasteiger partial charge in [0.1, 0.15) is 0 Å². The zero-order valence-electron chi connectivity index (χ0n) is 15.0. The first-order chi connectivity index (χ1) is 13.0. The smallest absolute Gasteiger partial charge is 0.248 e. The Morgan fingerprint density at radius 3 is 2.63 bits per heavy atom. The van der Waals surface area contributed by atoms with Crippen LogP contribution in [0.25, 0.3) is 6.08 Å². The molecule has 3 rings (SSSR count). The van der Waals surface area contributed by atoms with Crippen LogP contribution in [0.2, 0.25) is 0 Å². The van der Waals surface area contributed by atoms with E-state index in [0.29, 0.717) is 5.56 Å². The minimum Gasteiger partial charge on any atom is -0.366 e. The van der Waals surface area contributed by atoms with E-state index in [0.717, 1.165) is 16.7 Å². The first-order valence-electron chi connectivity index (χ1n) is 8.67. The van der Waals surface area contributed by atoms with Gasteiger partial charge in [-0.1, -0.05) is 36.4 Å². The number of nitrogens with one attached hydrogen (secondary N) is 1. The van der Waals surface area contributed by atoms with Gasteiger partial charge in [-0.05, 0) is 34.9 Å². The Kier molecular flexibility index (Phi) is 5.35. The number of benzene rings is 2. The largest absolute Gasteiger partial charge is 0.366 e. The van der Waals surface area contributed by atoms with E-state index in [4.69, 9.17) is 5.73 Å². The maximum absolute atomic E-state index is 12.5. The van der Waals surface area contributed by atoms with Crippen LogP contribution in [0.15, 0.2) is 54.7 Å². The molecule has 3 amide bonds. The Morgan fingerprint density at radius 1 is 1.11 bits per heavy atom. The van der Waals surface area contributed by atoms with Crippen molar-refractivity contribution in [3.8, 4) is 0 Å². The van der Waals surface area contributed by atoms with Crippen molar-refractivity contribution in [1.29, 1.82) is 0 Å². The van der Waals surface area contributed by atoms with Crippen molar-refractivity contribution in [2.75, 3.05) is 0 Å². The third-order valence-corrected chi connectivity index (χ3v) is 4.55. The van der Waals surface area contributed by atoms with Crippen LogP contribution in [-0.2, 0) is 16.1 Å². The Labute approximate surface area is 157 Å². The van der Waals surface area contributed by atoms with Crippen LogP contribution in [0.1, 0.15) is 46.4 Å². The molecule has 0 radical (unpaired) electrons. The average Bonchev–Trinajstić information content (AvgIpc) is 2.66. The van der Waals surface area contributed by atoms with Crippen LogP contribution < -0.4 is 11.1 Å². The molecule has 1 aliphatic rings. The SMILES string of the molecule is CC(=O)N1C=Cc2ccccc2C1CC(=O)NCc1cccc(C(N)=O)c1. The van der Waals surface area contributed by atoms with Gasteiger partial charge in [-0.25, -0.2) is 0 Å². The summed E-state index contributed by atoms with van der Waals surface area (Å²) in [5.41, 5.74) is 8.41. The third-order valence-electron chi connectivity index (χ3n) is 4.55. The number of rotatable bonds is 5. The predicted octanol–water partition coefficient (Wildman–Crippen LogP) is 2.37. The number of nitrogens with zero attached hydrogens (tertiary/aromatic N) is 1. The molecule has 138 valence electrons. The molecule has 6 nitrogen and oxygen atoms in total. The molecule has 2 aromatic carbocycles. The number of hydrogen-bond donors (Lipinski definition) is 2. The highest BCUT2D eigenvalue weighted by atomic mass is 16.2. The number of primary amides is 1. The molecule has 0 aliphatic carbocycles. The summed E-state index contributed by atoms with van der Waals surface area (Å²) in [4.78, 5) is 37.3. The fourth-order valence-corrected chi connectivity index (χ4v) is 3.20. The molecule has 1 unspecified atom stereocenters. The number of hydrogen-bond acceptors (Lipinski definition) is 3. The van der Waals surface area contributed by atoms with Crippen LogP contribution in [-0.4, -0.2) is 22.6 Å². The Bertz CT molecular complexity index is 920. The van der Waals surface area contributed by atoms with Crippen molar-refractivity contribution in [1.82, 2.24) is 10.2 Å². The second-order valence-corrected chi connectivity index (χ2v) is 6.43. The van der Waals surface area contributed by atoms with E-state index >= 15 is 0 Å². The molecule has 1 aliphatic heterocycles. The Morgan fingerprint density at radius 2 is 1.89 bits per heavy atom. The van der Waals surface area contributed by atoms with E-state index in [1.165, 1.54) is 6.92 Å². The summed E-state index contributed by atoms with van der Waals surface area (Å²) in [5, 5.41) is 2.85. The minimum absolute atomic E-state index is 0.118. The normalized spacial score (nSPS) is 15.1. The standard InChI is InChI=1S/C21H21N3O3/c1-14(25)24-10-9-16-6-2-3-8-18(16)19(24)12-20(26)23-13-15-5-4-7-17(11-15)21(22)27/h2-11,19H,12-13H2,1H3,(H2,22,27)(H,23,26). The molecule has 2 aromatic rings. The molecule has 0 fully saturated rings. The monoisotopic (exact) mass is 363 g/mol. The summed E-state index contributed by atoms with van der Waals surface area (Å²) in [6, 6.07) is 14.2. The summed E-state index contributed by atoms with van der Waals surface area (Å²) in [5.74, 6) is -0.806. The summed E-state index contributed by atoms with van der Waals surface area (Å²) < 4.78 is 0. The highest BCUT2D eigenvalue weighted by Crippen LogP contribution is 2.32. The van der Waals surface area contributed by atoms with E-state index in [-0.39, 0.29) is 30.8 Å². The number of nitrogens with two attached hydrogens (primary N) is 1. The topological polar surface area (TPSA) is 92.5 Å². The van der Waals surface area contributed by atoms with Gasteiger partial charge in [-0.2, -0.15) is 0 Å². The molecule has 0 saturated heterocycles. The zero-order valence-corrected chi connectivity index (χ0v) is 15.0. The second kappa shape index (κ2) is 7.86. The number of fused-ring (bicyclic) bond motifs is 1. The van der Waals surface area contributed by atoms with Gasteiger partial charge in [-0.3, -0.25) is 14.4 Å². The van der Waals surface area contributed by atoms with E-state index in [2.05, 4.69) is 5.32 Å². The lowest BCUT2D eigenvalue weighted by molar-refractivity contribution is -0.130. The van der Waals surface area contributed by atoms with Gasteiger partial charge in [0.15, 0.2) is 0 Å². The van der Waals surface area contributed by atoms with E-state index in [1.807, 2.05) is 36.4 Å². The van der Waals surface area contributed by atoms with Crippen molar-refractivity contribution in [2.45, 2.75) is 25.9 Å². The fourth-order valence-electron chi connectivity index (χ4n) is 3.20. The lowest BCUT2D eigenvalue weighted by Crippen LogP contribution is -2.35. The number of carbonyl (C=O) groups excluding carboxylic acids is 3. The van der Waals surface area contributed by atoms with Gasteiger partial charge in [-0.15, -0.1) is 0 Å². The molecule has 0 aromatic heterocycles. The highest BCUT2D eigenvalue weighted by Gasteiger charge is 2.28. The average molecular weight is 363 g/mol. The minimum atomic E-state index is -0.508. The lowest BCUT2D eigenvalue weighted by atomic mass is 9.93.